The summed E-state index contributed by atoms with van der Waals surface area (Å²) < 4.78 is 5.21. The first-order valence-electron chi connectivity index (χ1n) is 7.98. The summed E-state index contributed by atoms with van der Waals surface area (Å²) in [5, 5.41) is 3.07. The minimum absolute atomic E-state index is 0.00198. The molecule has 6 nitrogen and oxygen atoms in total. The fourth-order valence-corrected chi connectivity index (χ4v) is 2.61. The van der Waals surface area contributed by atoms with E-state index in [9.17, 15) is 4.79 Å². The molecule has 1 amide bonds. The maximum absolute atomic E-state index is 12.3. The van der Waals surface area contributed by atoms with Gasteiger partial charge in [0.2, 0.25) is 17.7 Å². The minimum Gasteiger partial charge on any atom is -0.481 e. The molecule has 0 aromatic carbocycles. The maximum atomic E-state index is 12.3. The molecule has 1 fully saturated rings. The summed E-state index contributed by atoms with van der Waals surface area (Å²) in [6.45, 7) is 7.57. The van der Waals surface area contributed by atoms with Crippen LogP contribution in [0.1, 0.15) is 38.8 Å². The Morgan fingerprint density at radius 1 is 1.55 bits per heavy atom. The number of nitrogens with one attached hydrogen (secondary N) is 1. The molecule has 0 bridgehead atoms. The first-order valence-corrected chi connectivity index (χ1v) is 7.98. The zero-order valence-electron chi connectivity index (χ0n) is 13.9. The number of aryl methyl sites for hydroxylation is 1. The van der Waals surface area contributed by atoms with Crippen LogP contribution in [0, 0.1) is 12.8 Å². The van der Waals surface area contributed by atoms with Gasteiger partial charge in [-0.25, -0.2) is 4.98 Å². The third-order valence-electron chi connectivity index (χ3n) is 4.10. The Morgan fingerprint density at radius 2 is 2.32 bits per heavy atom. The fourth-order valence-electron chi connectivity index (χ4n) is 2.61. The van der Waals surface area contributed by atoms with Gasteiger partial charge in [0, 0.05) is 30.9 Å². The Hall–Kier alpha value is -1.85. The zero-order chi connectivity index (χ0) is 16.1. The molecule has 0 radical (unpaired) electrons. The van der Waals surface area contributed by atoms with E-state index in [-0.39, 0.29) is 17.9 Å². The van der Waals surface area contributed by atoms with Gasteiger partial charge < -0.3 is 15.0 Å². The van der Waals surface area contributed by atoms with E-state index in [4.69, 9.17) is 4.74 Å². The molecule has 1 saturated heterocycles. The van der Waals surface area contributed by atoms with Gasteiger partial charge in [-0.2, -0.15) is 4.98 Å². The second-order valence-corrected chi connectivity index (χ2v) is 5.95. The van der Waals surface area contributed by atoms with Crippen molar-refractivity contribution in [2.45, 2.75) is 46.1 Å². The first-order chi connectivity index (χ1) is 10.5. The van der Waals surface area contributed by atoms with Gasteiger partial charge in [0.25, 0.3) is 0 Å². The van der Waals surface area contributed by atoms with Gasteiger partial charge in [0.15, 0.2) is 0 Å². The average molecular weight is 306 g/mol. The largest absolute Gasteiger partial charge is 0.481 e. The Bertz CT molecular complexity index is 521. The van der Waals surface area contributed by atoms with Gasteiger partial charge in [-0.3, -0.25) is 4.79 Å². The number of aromatic nitrogens is 2. The second kappa shape index (κ2) is 7.42. The van der Waals surface area contributed by atoms with Crippen LogP contribution < -0.4 is 15.0 Å². The van der Waals surface area contributed by atoms with Crippen LogP contribution in [0.3, 0.4) is 0 Å². The molecule has 1 N–H and O–H groups in total. The maximum Gasteiger partial charge on any atom is 0.228 e. The van der Waals surface area contributed by atoms with Crippen molar-refractivity contribution in [2.24, 2.45) is 5.92 Å². The minimum atomic E-state index is -0.00198. The molecule has 1 aromatic rings. The first kappa shape index (κ1) is 16.5. The Kier molecular flexibility index (Phi) is 5.57. The monoisotopic (exact) mass is 306 g/mol. The summed E-state index contributed by atoms with van der Waals surface area (Å²) in [6.07, 6.45) is 2.83. The topological polar surface area (TPSA) is 67.4 Å². The van der Waals surface area contributed by atoms with Crippen molar-refractivity contribution in [2.75, 3.05) is 25.1 Å². The highest BCUT2D eigenvalue weighted by Crippen LogP contribution is 2.22. The summed E-state index contributed by atoms with van der Waals surface area (Å²) in [4.78, 5) is 23.3. The summed E-state index contributed by atoms with van der Waals surface area (Å²) in [5.41, 5.74) is 0.869. The molecule has 2 rings (SSSR count). The Labute approximate surface area is 132 Å². The van der Waals surface area contributed by atoms with Crippen molar-refractivity contribution >= 4 is 11.9 Å². The molecular weight excluding hydrogens is 280 g/mol. The SMILES string of the molecule is CC[C@@H](C)NC(=O)[C@@H]1CCCN(c2nc(C)cc(OC)n2)C1. The van der Waals surface area contributed by atoms with Crippen LogP contribution in [-0.4, -0.2) is 42.1 Å². The standard InChI is InChI=1S/C16H26N4O2/c1-5-11(2)17-15(21)13-7-6-8-20(10-13)16-18-12(3)9-14(19-16)22-4/h9,11,13H,5-8,10H2,1-4H3,(H,17,21)/t11-,13-/m1/s1. The molecule has 2 heterocycles. The molecule has 2 atom stereocenters. The molecule has 6 heteroatoms. The highest BCUT2D eigenvalue weighted by Gasteiger charge is 2.28. The van der Waals surface area contributed by atoms with Crippen LogP contribution >= 0.6 is 0 Å². The molecule has 0 aliphatic carbocycles. The quantitative estimate of drug-likeness (QED) is 0.900. The van der Waals surface area contributed by atoms with Gasteiger partial charge >= 0.3 is 0 Å². The van der Waals surface area contributed by atoms with E-state index in [0.717, 1.165) is 31.5 Å². The molecule has 1 aliphatic heterocycles. The highest BCUT2D eigenvalue weighted by atomic mass is 16.5. The van der Waals surface area contributed by atoms with Gasteiger partial charge in [0.1, 0.15) is 0 Å². The number of carbonyl (C=O) groups is 1. The van der Waals surface area contributed by atoms with Gasteiger partial charge in [0.05, 0.1) is 13.0 Å². The fraction of sp³-hybridized carbons (Fsp3) is 0.688. The third kappa shape index (κ3) is 4.08. The number of hydrogen-bond acceptors (Lipinski definition) is 5. The average Bonchev–Trinajstić information content (AvgIpc) is 2.54. The number of methoxy groups -OCH3 is 1. The lowest BCUT2D eigenvalue weighted by Gasteiger charge is -2.32. The summed E-state index contributed by atoms with van der Waals surface area (Å²) >= 11 is 0. The lowest BCUT2D eigenvalue weighted by molar-refractivity contribution is -0.125. The number of ether oxygens (including phenoxy) is 1. The highest BCUT2D eigenvalue weighted by molar-refractivity contribution is 5.79. The molecule has 0 spiro atoms. The Morgan fingerprint density at radius 3 is 3.00 bits per heavy atom. The van der Waals surface area contributed by atoms with Crippen LogP contribution in [0.15, 0.2) is 6.07 Å². The van der Waals surface area contributed by atoms with E-state index in [0.29, 0.717) is 18.4 Å². The van der Waals surface area contributed by atoms with Crippen LogP contribution in [0.25, 0.3) is 0 Å². The summed E-state index contributed by atoms with van der Waals surface area (Å²) in [7, 11) is 1.60. The molecule has 0 saturated carbocycles. The number of carbonyl (C=O) groups excluding carboxylic acids is 1. The van der Waals surface area contributed by atoms with Gasteiger partial charge in [-0.15, -0.1) is 0 Å². The van der Waals surface area contributed by atoms with Crippen LogP contribution in [0.2, 0.25) is 0 Å². The van der Waals surface area contributed by atoms with E-state index in [1.165, 1.54) is 0 Å². The van der Waals surface area contributed by atoms with E-state index in [1.807, 2.05) is 13.8 Å². The smallest absolute Gasteiger partial charge is 0.228 e. The van der Waals surface area contributed by atoms with Crippen molar-refractivity contribution in [3.8, 4) is 5.88 Å². The molecular formula is C16H26N4O2. The molecule has 122 valence electrons. The molecule has 1 aromatic heterocycles. The lowest BCUT2D eigenvalue weighted by atomic mass is 9.97. The lowest BCUT2D eigenvalue weighted by Crippen LogP contribution is -2.45. The number of piperidine rings is 1. The van der Waals surface area contributed by atoms with E-state index >= 15 is 0 Å². The zero-order valence-corrected chi connectivity index (χ0v) is 13.9. The number of nitrogens with zero attached hydrogens (tertiary/aromatic N) is 3. The van der Waals surface area contributed by atoms with Crippen LogP contribution in [0.4, 0.5) is 5.95 Å². The van der Waals surface area contributed by atoms with E-state index in [2.05, 4.69) is 27.1 Å². The predicted octanol–water partition coefficient (Wildman–Crippen LogP) is 1.92. The molecule has 1 aliphatic rings. The van der Waals surface area contributed by atoms with Gasteiger partial charge in [-0.1, -0.05) is 6.92 Å². The second-order valence-electron chi connectivity index (χ2n) is 5.95. The van der Waals surface area contributed by atoms with Crippen molar-refractivity contribution in [3.63, 3.8) is 0 Å². The number of amides is 1. The molecule has 0 unspecified atom stereocenters. The predicted molar refractivity (Wildman–Crippen MR) is 86.2 cm³/mol. The summed E-state index contributed by atoms with van der Waals surface area (Å²) in [6, 6.07) is 2.03. The molecule has 22 heavy (non-hydrogen) atoms. The van der Waals surface area contributed by atoms with Crippen molar-refractivity contribution < 1.29 is 9.53 Å². The van der Waals surface area contributed by atoms with Crippen molar-refractivity contribution in [1.82, 2.24) is 15.3 Å². The van der Waals surface area contributed by atoms with Gasteiger partial charge in [-0.05, 0) is 33.1 Å². The van der Waals surface area contributed by atoms with E-state index < -0.39 is 0 Å². The number of hydrogen-bond donors (Lipinski definition) is 1. The summed E-state index contributed by atoms with van der Waals surface area (Å²) in [5.74, 6) is 1.35. The van der Waals surface area contributed by atoms with Crippen molar-refractivity contribution in [1.29, 1.82) is 0 Å². The van der Waals surface area contributed by atoms with Crippen LogP contribution in [0.5, 0.6) is 5.88 Å². The van der Waals surface area contributed by atoms with E-state index in [1.54, 1.807) is 13.2 Å². The normalized spacial score (nSPS) is 19.6. The number of anilines is 1. The third-order valence-corrected chi connectivity index (χ3v) is 4.10. The number of rotatable bonds is 5. The van der Waals surface area contributed by atoms with Crippen LogP contribution in [-0.2, 0) is 4.79 Å². The Balaban J connectivity index is 2.07. The van der Waals surface area contributed by atoms with Crippen molar-refractivity contribution in [3.05, 3.63) is 11.8 Å².